The van der Waals surface area contributed by atoms with Crippen molar-refractivity contribution >= 4 is 11.5 Å². The fourth-order valence-corrected chi connectivity index (χ4v) is 4.19. The molecule has 1 aromatic heterocycles. The van der Waals surface area contributed by atoms with Crippen LogP contribution in [0.2, 0.25) is 0 Å². The molecule has 0 bridgehead atoms. The number of aromatic hydroxyl groups is 1. The zero-order valence-electron chi connectivity index (χ0n) is 18.0. The lowest BCUT2D eigenvalue weighted by molar-refractivity contribution is 0.0958. The standard InChI is InChI=1S/C24H24FN3O4/c1-13-18(6-14-7-21(31-2)23(29)22(8-14)32-3)17-5-4-16(25)9-19(17)20(13)12-26-24(30)15-10-27-28-11-15/h4-5,7-11,18,29H,6,12H2,1-3H3,(H,26,30)(H,27,28). The van der Waals surface area contributed by atoms with E-state index in [1.54, 1.807) is 18.2 Å². The van der Waals surface area contributed by atoms with Gasteiger partial charge in [-0.1, -0.05) is 11.6 Å². The molecule has 3 aromatic rings. The number of halogens is 1. The van der Waals surface area contributed by atoms with Crippen LogP contribution < -0.4 is 14.8 Å². The summed E-state index contributed by atoms with van der Waals surface area (Å²) in [7, 11) is 2.97. The van der Waals surface area contributed by atoms with Crippen LogP contribution in [-0.2, 0) is 6.42 Å². The molecule has 3 N–H and O–H groups in total. The summed E-state index contributed by atoms with van der Waals surface area (Å²) < 4.78 is 24.7. The topological polar surface area (TPSA) is 96.5 Å². The number of ether oxygens (including phenoxy) is 2. The molecule has 166 valence electrons. The van der Waals surface area contributed by atoms with Crippen molar-refractivity contribution in [3.8, 4) is 17.2 Å². The fraction of sp³-hybridized carbons (Fsp3) is 0.250. The number of hydrogen-bond donors (Lipinski definition) is 3. The van der Waals surface area contributed by atoms with Gasteiger partial charge in [0.2, 0.25) is 5.75 Å². The van der Waals surface area contributed by atoms with Gasteiger partial charge in [0.15, 0.2) is 11.5 Å². The third kappa shape index (κ3) is 3.91. The number of amides is 1. The van der Waals surface area contributed by atoms with E-state index < -0.39 is 0 Å². The number of benzene rings is 2. The molecule has 1 heterocycles. The van der Waals surface area contributed by atoms with Crippen molar-refractivity contribution in [1.82, 2.24) is 15.5 Å². The SMILES string of the molecule is COc1cc(CC2C(C)=C(CNC(=O)c3cn[nH]c3)c3cc(F)ccc32)cc(OC)c1O. The Morgan fingerprint density at radius 2 is 1.94 bits per heavy atom. The largest absolute Gasteiger partial charge is 0.502 e. The second-order valence-corrected chi connectivity index (χ2v) is 7.67. The molecule has 1 aliphatic rings. The maximum Gasteiger partial charge on any atom is 0.254 e. The van der Waals surface area contributed by atoms with E-state index in [-0.39, 0.29) is 29.9 Å². The molecular formula is C24H24FN3O4. The highest BCUT2D eigenvalue weighted by Crippen LogP contribution is 2.45. The molecule has 4 rings (SSSR count). The van der Waals surface area contributed by atoms with Gasteiger partial charge < -0.3 is 19.9 Å². The summed E-state index contributed by atoms with van der Waals surface area (Å²) >= 11 is 0. The van der Waals surface area contributed by atoms with Crippen LogP contribution in [0.3, 0.4) is 0 Å². The highest BCUT2D eigenvalue weighted by Gasteiger charge is 2.30. The number of fused-ring (bicyclic) bond motifs is 1. The molecule has 1 aliphatic carbocycles. The Balaban J connectivity index is 1.66. The number of nitrogens with one attached hydrogen (secondary N) is 2. The zero-order valence-corrected chi connectivity index (χ0v) is 18.0. The second kappa shape index (κ2) is 8.74. The van der Waals surface area contributed by atoms with Gasteiger partial charge in [0.25, 0.3) is 5.91 Å². The first-order chi connectivity index (χ1) is 15.4. The molecule has 7 nitrogen and oxygen atoms in total. The summed E-state index contributed by atoms with van der Waals surface area (Å²) in [4.78, 5) is 12.4. The fourth-order valence-electron chi connectivity index (χ4n) is 4.19. The lowest BCUT2D eigenvalue weighted by atomic mass is 9.89. The number of carbonyl (C=O) groups excluding carboxylic acids is 1. The summed E-state index contributed by atoms with van der Waals surface area (Å²) in [5, 5.41) is 19.5. The van der Waals surface area contributed by atoms with E-state index in [1.165, 1.54) is 38.7 Å². The van der Waals surface area contributed by atoms with Crippen LogP contribution in [-0.4, -0.2) is 42.0 Å². The van der Waals surface area contributed by atoms with Crippen LogP contribution in [0.1, 0.15) is 39.9 Å². The third-order valence-electron chi connectivity index (χ3n) is 5.88. The minimum atomic E-state index is -0.330. The first-order valence-electron chi connectivity index (χ1n) is 10.1. The summed E-state index contributed by atoms with van der Waals surface area (Å²) in [5.74, 6) is -0.0120. The van der Waals surface area contributed by atoms with Gasteiger partial charge in [-0.25, -0.2) is 4.39 Å². The van der Waals surface area contributed by atoms with Gasteiger partial charge >= 0.3 is 0 Å². The third-order valence-corrected chi connectivity index (χ3v) is 5.88. The van der Waals surface area contributed by atoms with Crippen molar-refractivity contribution in [3.05, 3.63) is 76.4 Å². The van der Waals surface area contributed by atoms with Crippen molar-refractivity contribution in [3.63, 3.8) is 0 Å². The predicted molar refractivity (Wildman–Crippen MR) is 118 cm³/mol. The highest BCUT2D eigenvalue weighted by molar-refractivity contribution is 5.95. The average molecular weight is 437 g/mol. The van der Waals surface area contributed by atoms with Crippen LogP contribution in [0.4, 0.5) is 4.39 Å². The van der Waals surface area contributed by atoms with Gasteiger partial charge in [0, 0.05) is 18.7 Å². The van der Waals surface area contributed by atoms with Crippen LogP contribution >= 0.6 is 0 Å². The van der Waals surface area contributed by atoms with Crippen molar-refractivity contribution in [2.75, 3.05) is 20.8 Å². The number of hydrogen-bond acceptors (Lipinski definition) is 5. The number of allylic oxidation sites excluding steroid dienone is 1. The quantitative estimate of drug-likeness (QED) is 0.522. The van der Waals surface area contributed by atoms with E-state index in [1.807, 2.05) is 6.92 Å². The van der Waals surface area contributed by atoms with E-state index >= 15 is 0 Å². The van der Waals surface area contributed by atoms with Gasteiger partial charge in [-0.15, -0.1) is 0 Å². The van der Waals surface area contributed by atoms with Gasteiger partial charge in [-0.3, -0.25) is 9.89 Å². The number of methoxy groups -OCH3 is 2. The summed E-state index contributed by atoms with van der Waals surface area (Å²) in [5.41, 5.74) is 5.05. The molecule has 0 spiro atoms. The number of carbonyl (C=O) groups is 1. The monoisotopic (exact) mass is 437 g/mol. The minimum Gasteiger partial charge on any atom is -0.502 e. The Hall–Kier alpha value is -3.81. The minimum absolute atomic E-state index is 0.0228. The van der Waals surface area contributed by atoms with E-state index in [4.69, 9.17) is 9.47 Å². The highest BCUT2D eigenvalue weighted by atomic mass is 19.1. The van der Waals surface area contributed by atoms with Crippen molar-refractivity contribution in [1.29, 1.82) is 0 Å². The van der Waals surface area contributed by atoms with Crippen LogP contribution in [0.25, 0.3) is 5.57 Å². The van der Waals surface area contributed by atoms with Gasteiger partial charge in [0.05, 0.1) is 26.0 Å². The average Bonchev–Trinajstić information content (AvgIpc) is 3.41. The smallest absolute Gasteiger partial charge is 0.254 e. The molecule has 1 atom stereocenters. The number of phenolic OH excluding ortho intramolecular Hbond substituents is 1. The summed E-state index contributed by atoms with van der Waals surface area (Å²) in [6.45, 7) is 2.27. The lowest BCUT2D eigenvalue weighted by Crippen LogP contribution is -2.25. The molecule has 0 saturated heterocycles. The summed E-state index contributed by atoms with van der Waals surface area (Å²) in [6, 6.07) is 8.29. The van der Waals surface area contributed by atoms with E-state index in [9.17, 15) is 14.3 Å². The Labute approximate surface area is 184 Å². The van der Waals surface area contributed by atoms with E-state index in [0.29, 0.717) is 23.5 Å². The maximum atomic E-state index is 14.1. The number of nitrogens with zero attached hydrogens (tertiary/aromatic N) is 1. The van der Waals surface area contributed by atoms with Crippen molar-refractivity contribution < 1.29 is 23.8 Å². The summed E-state index contributed by atoms with van der Waals surface area (Å²) in [6.07, 6.45) is 3.57. The Morgan fingerprint density at radius 1 is 1.22 bits per heavy atom. The molecule has 0 radical (unpaired) electrons. The number of rotatable bonds is 7. The van der Waals surface area contributed by atoms with E-state index in [2.05, 4.69) is 15.5 Å². The van der Waals surface area contributed by atoms with Gasteiger partial charge in [0.1, 0.15) is 5.82 Å². The molecule has 0 fully saturated rings. The van der Waals surface area contributed by atoms with Gasteiger partial charge in [-0.2, -0.15) is 5.10 Å². The molecule has 1 unspecified atom stereocenters. The van der Waals surface area contributed by atoms with Crippen LogP contribution in [0.5, 0.6) is 17.2 Å². The second-order valence-electron chi connectivity index (χ2n) is 7.67. The molecule has 1 amide bonds. The molecule has 8 heteroatoms. The normalized spacial score (nSPS) is 14.9. The molecule has 2 aromatic carbocycles. The van der Waals surface area contributed by atoms with Gasteiger partial charge in [-0.05, 0) is 59.9 Å². The lowest BCUT2D eigenvalue weighted by Gasteiger charge is -2.17. The number of aromatic nitrogens is 2. The van der Waals surface area contributed by atoms with Crippen LogP contribution in [0, 0.1) is 5.82 Å². The number of aromatic amines is 1. The zero-order chi connectivity index (χ0) is 22.8. The predicted octanol–water partition coefficient (Wildman–Crippen LogP) is 3.82. The Morgan fingerprint density at radius 3 is 2.56 bits per heavy atom. The first kappa shape index (κ1) is 21.4. The first-order valence-corrected chi connectivity index (χ1v) is 10.1. The van der Waals surface area contributed by atoms with Crippen molar-refractivity contribution in [2.24, 2.45) is 0 Å². The molecule has 32 heavy (non-hydrogen) atoms. The van der Waals surface area contributed by atoms with Crippen LogP contribution in [0.15, 0.2) is 48.3 Å². The Bertz CT molecular complexity index is 1160. The maximum absolute atomic E-state index is 14.1. The van der Waals surface area contributed by atoms with E-state index in [0.717, 1.165) is 27.8 Å². The molecular weight excluding hydrogens is 413 g/mol. The molecule has 0 saturated carbocycles. The molecule has 0 aliphatic heterocycles. The Kier molecular flexibility index (Phi) is 5.85. The number of phenols is 1. The van der Waals surface area contributed by atoms with Crippen molar-refractivity contribution in [2.45, 2.75) is 19.3 Å². The number of H-pyrrole nitrogens is 1.